The predicted octanol–water partition coefficient (Wildman–Crippen LogP) is 2.48. The molecule has 1 fully saturated rings. The van der Waals surface area contributed by atoms with E-state index in [1.807, 2.05) is 0 Å². The Morgan fingerprint density at radius 1 is 1.24 bits per heavy atom. The third kappa shape index (κ3) is 3.12. The van der Waals surface area contributed by atoms with E-state index in [9.17, 15) is 4.79 Å². The first-order valence-electron chi connectivity index (χ1n) is 5.64. The van der Waals surface area contributed by atoms with Crippen LogP contribution < -0.4 is 10.6 Å². The summed E-state index contributed by atoms with van der Waals surface area (Å²) in [6.07, 6.45) is 1.88. The lowest BCUT2D eigenvalue weighted by molar-refractivity contribution is 0.0930. The third-order valence-electron chi connectivity index (χ3n) is 2.86. The fourth-order valence-electron chi connectivity index (χ4n) is 1.94. The molecular formula is C12H14Cl2N2O. The van der Waals surface area contributed by atoms with Gasteiger partial charge in [0, 0.05) is 6.04 Å². The smallest absolute Gasteiger partial charge is 0.254 e. The standard InChI is InChI=1S/C12H14Cl2N2O/c13-9-2-1-3-10(14)11(9)12(17)16-8-4-6-15-7-5-8/h1-3,8,15H,4-7H2,(H,16,17). The van der Waals surface area contributed by atoms with E-state index >= 15 is 0 Å². The minimum Gasteiger partial charge on any atom is -0.349 e. The topological polar surface area (TPSA) is 41.1 Å². The molecule has 1 saturated heterocycles. The van der Waals surface area contributed by atoms with E-state index in [4.69, 9.17) is 23.2 Å². The SMILES string of the molecule is O=C(NC1CCNCC1)c1c(Cl)cccc1Cl. The van der Waals surface area contributed by atoms with Gasteiger partial charge in [-0.2, -0.15) is 0 Å². The summed E-state index contributed by atoms with van der Waals surface area (Å²) in [7, 11) is 0. The minimum absolute atomic E-state index is 0.187. The molecule has 1 aromatic carbocycles. The molecule has 17 heavy (non-hydrogen) atoms. The minimum atomic E-state index is -0.187. The first-order valence-corrected chi connectivity index (χ1v) is 6.39. The first-order chi connectivity index (χ1) is 8.18. The number of piperidine rings is 1. The second kappa shape index (κ2) is 5.71. The number of nitrogens with one attached hydrogen (secondary N) is 2. The molecule has 0 radical (unpaired) electrons. The molecule has 0 aliphatic carbocycles. The van der Waals surface area contributed by atoms with Crippen LogP contribution in [-0.2, 0) is 0 Å². The summed E-state index contributed by atoms with van der Waals surface area (Å²) in [6, 6.07) is 5.28. The summed E-state index contributed by atoms with van der Waals surface area (Å²) < 4.78 is 0. The van der Waals surface area contributed by atoms with Crippen molar-refractivity contribution in [2.45, 2.75) is 18.9 Å². The van der Waals surface area contributed by atoms with Crippen LogP contribution in [0.3, 0.4) is 0 Å². The zero-order valence-electron chi connectivity index (χ0n) is 9.30. The summed E-state index contributed by atoms with van der Waals surface area (Å²) >= 11 is 12.0. The molecular weight excluding hydrogens is 259 g/mol. The van der Waals surface area contributed by atoms with Crippen molar-refractivity contribution in [3.63, 3.8) is 0 Å². The van der Waals surface area contributed by atoms with Crippen LogP contribution in [0.2, 0.25) is 10.0 Å². The van der Waals surface area contributed by atoms with Crippen molar-refractivity contribution in [3.8, 4) is 0 Å². The Morgan fingerprint density at radius 2 is 1.82 bits per heavy atom. The van der Waals surface area contributed by atoms with Crippen LogP contribution in [0, 0.1) is 0 Å². The summed E-state index contributed by atoms with van der Waals surface area (Å²) in [5.74, 6) is -0.187. The molecule has 0 spiro atoms. The van der Waals surface area contributed by atoms with E-state index in [1.54, 1.807) is 18.2 Å². The molecule has 1 aliphatic rings. The van der Waals surface area contributed by atoms with Gasteiger partial charge in [-0.15, -0.1) is 0 Å². The van der Waals surface area contributed by atoms with Gasteiger partial charge in [-0.05, 0) is 38.1 Å². The molecule has 0 atom stereocenters. The summed E-state index contributed by atoms with van der Waals surface area (Å²) in [6.45, 7) is 1.86. The van der Waals surface area contributed by atoms with Crippen molar-refractivity contribution in [3.05, 3.63) is 33.8 Å². The number of amides is 1. The highest BCUT2D eigenvalue weighted by Gasteiger charge is 2.19. The van der Waals surface area contributed by atoms with E-state index in [1.165, 1.54) is 0 Å². The molecule has 0 unspecified atom stereocenters. The van der Waals surface area contributed by atoms with Gasteiger partial charge in [-0.25, -0.2) is 0 Å². The Balaban J connectivity index is 2.08. The summed E-state index contributed by atoms with van der Waals surface area (Å²) in [5, 5.41) is 7.00. The van der Waals surface area contributed by atoms with Crippen LogP contribution in [-0.4, -0.2) is 25.0 Å². The van der Waals surface area contributed by atoms with Gasteiger partial charge in [0.2, 0.25) is 0 Å². The highest BCUT2D eigenvalue weighted by molar-refractivity contribution is 6.39. The molecule has 1 amide bonds. The van der Waals surface area contributed by atoms with Gasteiger partial charge < -0.3 is 10.6 Å². The first kappa shape index (κ1) is 12.7. The van der Waals surface area contributed by atoms with Crippen molar-refractivity contribution >= 4 is 29.1 Å². The normalized spacial score (nSPS) is 16.8. The maximum Gasteiger partial charge on any atom is 0.254 e. The van der Waals surface area contributed by atoms with Crippen LogP contribution in [0.4, 0.5) is 0 Å². The highest BCUT2D eigenvalue weighted by atomic mass is 35.5. The van der Waals surface area contributed by atoms with Crippen LogP contribution in [0.5, 0.6) is 0 Å². The van der Waals surface area contributed by atoms with Crippen molar-refractivity contribution in [2.24, 2.45) is 0 Å². The molecule has 1 aromatic rings. The Hall–Kier alpha value is -0.770. The Bertz CT molecular complexity index is 397. The number of halogens is 2. The zero-order valence-corrected chi connectivity index (χ0v) is 10.8. The fourth-order valence-corrected chi connectivity index (χ4v) is 2.51. The summed E-state index contributed by atoms with van der Waals surface area (Å²) in [4.78, 5) is 12.1. The maximum atomic E-state index is 12.1. The summed E-state index contributed by atoms with van der Waals surface area (Å²) in [5.41, 5.74) is 0.370. The molecule has 5 heteroatoms. The van der Waals surface area contributed by atoms with Crippen LogP contribution >= 0.6 is 23.2 Å². The molecule has 1 heterocycles. The molecule has 1 aliphatic heterocycles. The molecule has 2 rings (SSSR count). The van der Waals surface area contributed by atoms with Crippen molar-refractivity contribution in [2.75, 3.05) is 13.1 Å². The maximum absolute atomic E-state index is 12.1. The number of hydrogen-bond donors (Lipinski definition) is 2. The van der Waals surface area contributed by atoms with Crippen LogP contribution in [0.25, 0.3) is 0 Å². The van der Waals surface area contributed by atoms with Gasteiger partial charge in [0.25, 0.3) is 5.91 Å². The van der Waals surface area contributed by atoms with Crippen molar-refractivity contribution in [1.29, 1.82) is 0 Å². The average molecular weight is 273 g/mol. The lowest BCUT2D eigenvalue weighted by Gasteiger charge is -2.24. The highest BCUT2D eigenvalue weighted by Crippen LogP contribution is 2.24. The van der Waals surface area contributed by atoms with Crippen molar-refractivity contribution < 1.29 is 4.79 Å². The number of carbonyl (C=O) groups excluding carboxylic acids is 1. The van der Waals surface area contributed by atoms with Gasteiger partial charge in [0.15, 0.2) is 0 Å². The van der Waals surface area contributed by atoms with Gasteiger partial charge in [-0.1, -0.05) is 29.3 Å². The van der Waals surface area contributed by atoms with E-state index in [0.29, 0.717) is 15.6 Å². The molecule has 3 nitrogen and oxygen atoms in total. The Labute approximate surface area is 110 Å². The van der Waals surface area contributed by atoms with Crippen LogP contribution in [0.15, 0.2) is 18.2 Å². The van der Waals surface area contributed by atoms with E-state index in [-0.39, 0.29) is 11.9 Å². The number of hydrogen-bond acceptors (Lipinski definition) is 2. The zero-order chi connectivity index (χ0) is 12.3. The predicted molar refractivity (Wildman–Crippen MR) is 69.8 cm³/mol. The number of carbonyl (C=O) groups is 1. The van der Waals surface area contributed by atoms with Gasteiger partial charge in [-0.3, -0.25) is 4.79 Å². The van der Waals surface area contributed by atoms with Crippen molar-refractivity contribution in [1.82, 2.24) is 10.6 Å². The molecule has 0 bridgehead atoms. The lowest BCUT2D eigenvalue weighted by Crippen LogP contribution is -2.42. The largest absolute Gasteiger partial charge is 0.349 e. The quantitative estimate of drug-likeness (QED) is 0.869. The Kier molecular flexibility index (Phi) is 4.26. The third-order valence-corrected chi connectivity index (χ3v) is 3.49. The second-order valence-corrected chi connectivity index (χ2v) is 4.91. The molecule has 0 saturated carbocycles. The second-order valence-electron chi connectivity index (χ2n) is 4.09. The van der Waals surface area contributed by atoms with Gasteiger partial charge >= 0.3 is 0 Å². The molecule has 0 aromatic heterocycles. The lowest BCUT2D eigenvalue weighted by atomic mass is 10.1. The average Bonchev–Trinajstić information content (AvgIpc) is 2.30. The molecule has 92 valence electrons. The van der Waals surface area contributed by atoms with Gasteiger partial charge in [0.1, 0.15) is 0 Å². The van der Waals surface area contributed by atoms with E-state index in [0.717, 1.165) is 25.9 Å². The van der Waals surface area contributed by atoms with E-state index in [2.05, 4.69) is 10.6 Å². The number of rotatable bonds is 2. The van der Waals surface area contributed by atoms with E-state index < -0.39 is 0 Å². The van der Waals surface area contributed by atoms with Crippen LogP contribution in [0.1, 0.15) is 23.2 Å². The molecule has 2 N–H and O–H groups in total. The Morgan fingerprint density at radius 3 is 2.41 bits per heavy atom. The van der Waals surface area contributed by atoms with Gasteiger partial charge in [0.05, 0.1) is 15.6 Å². The fraction of sp³-hybridized carbons (Fsp3) is 0.417. The number of benzene rings is 1. The monoisotopic (exact) mass is 272 g/mol.